The summed E-state index contributed by atoms with van der Waals surface area (Å²) in [6.07, 6.45) is 11.4. The van der Waals surface area contributed by atoms with Crippen LogP contribution in [0.15, 0.2) is 35.1 Å². The molecule has 0 radical (unpaired) electrons. The van der Waals surface area contributed by atoms with Gasteiger partial charge in [0, 0.05) is 5.70 Å². The van der Waals surface area contributed by atoms with Gasteiger partial charge in [0.25, 0.3) is 0 Å². The standard InChI is InChI=1S/C18H19N3O2/c1-2-12-19-17(22)13-20-15-10-6-7-11-16(15)21(18(20)23)14-8-4-3-5-9-14/h1,6-8,10-11H,3-5,9,12-13H2,(H,19,22). The van der Waals surface area contributed by atoms with E-state index >= 15 is 0 Å². The van der Waals surface area contributed by atoms with E-state index in [1.165, 1.54) is 4.57 Å². The van der Waals surface area contributed by atoms with Crippen LogP contribution in [0.5, 0.6) is 0 Å². The first kappa shape index (κ1) is 15.2. The van der Waals surface area contributed by atoms with Crippen LogP contribution < -0.4 is 11.0 Å². The molecule has 1 aromatic carbocycles. The van der Waals surface area contributed by atoms with Crippen molar-refractivity contribution in [3.8, 4) is 12.3 Å². The van der Waals surface area contributed by atoms with Gasteiger partial charge in [-0.2, -0.15) is 0 Å². The lowest BCUT2D eigenvalue weighted by Gasteiger charge is -2.13. The predicted molar refractivity (Wildman–Crippen MR) is 90.8 cm³/mol. The average molecular weight is 309 g/mol. The maximum Gasteiger partial charge on any atom is 0.333 e. The van der Waals surface area contributed by atoms with E-state index < -0.39 is 0 Å². The summed E-state index contributed by atoms with van der Waals surface area (Å²) in [5.41, 5.74) is 2.46. The number of nitrogens with one attached hydrogen (secondary N) is 1. The van der Waals surface area contributed by atoms with E-state index in [0.717, 1.165) is 42.4 Å². The zero-order chi connectivity index (χ0) is 16.2. The monoisotopic (exact) mass is 309 g/mol. The number of rotatable bonds is 4. The average Bonchev–Trinajstić information content (AvgIpc) is 2.86. The Kier molecular flexibility index (Phi) is 4.33. The van der Waals surface area contributed by atoms with Gasteiger partial charge in [-0.25, -0.2) is 4.79 Å². The number of hydrogen-bond donors (Lipinski definition) is 1. The molecule has 1 N–H and O–H groups in total. The highest BCUT2D eigenvalue weighted by molar-refractivity contribution is 5.83. The van der Waals surface area contributed by atoms with Crippen molar-refractivity contribution in [2.24, 2.45) is 0 Å². The molecule has 0 unspecified atom stereocenters. The van der Waals surface area contributed by atoms with Gasteiger partial charge in [-0.3, -0.25) is 13.9 Å². The summed E-state index contributed by atoms with van der Waals surface area (Å²) < 4.78 is 3.25. The van der Waals surface area contributed by atoms with E-state index in [2.05, 4.69) is 17.3 Å². The first-order chi connectivity index (χ1) is 11.2. The van der Waals surface area contributed by atoms with Crippen molar-refractivity contribution in [1.29, 1.82) is 0 Å². The lowest BCUT2D eigenvalue weighted by molar-refractivity contribution is -0.121. The SMILES string of the molecule is C#CCNC(=O)Cn1c(=O)n(C2=CCCCC2)c2ccccc21. The fraction of sp³-hybridized carbons (Fsp3) is 0.333. The number of benzene rings is 1. The highest BCUT2D eigenvalue weighted by atomic mass is 16.2. The topological polar surface area (TPSA) is 56.0 Å². The number of hydrogen-bond acceptors (Lipinski definition) is 2. The number of nitrogens with zero attached hydrogens (tertiary/aromatic N) is 2. The number of allylic oxidation sites excluding steroid dienone is 2. The second-order valence-corrected chi connectivity index (χ2v) is 5.61. The van der Waals surface area contributed by atoms with Crippen molar-refractivity contribution in [3.63, 3.8) is 0 Å². The Hall–Kier alpha value is -2.74. The van der Waals surface area contributed by atoms with Crippen LogP contribution >= 0.6 is 0 Å². The number of carbonyl (C=O) groups is 1. The highest BCUT2D eigenvalue weighted by Crippen LogP contribution is 2.24. The Bertz CT molecular complexity index is 864. The Labute approximate surface area is 134 Å². The lowest BCUT2D eigenvalue weighted by atomic mass is 10.0. The highest BCUT2D eigenvalue weighted by Gasteiger charge is 2.18. The summed E-state index contributed by atoms with van der Waals surface area (Å²) in [6.45, 7) is 0.138. The number of carbonyl (C=O) groups excluding carboxylic acids is 1. The van der Waals surface area contributed by atoms with E-state index in [1.54, 1.807) is 4.57 Å². The summed E-state index contributed by atoms with van der Waals surface area (Å²) in [6, 6.07) is 7.56. The van der Waals surface area contributed by atoms with Crippen molar-refractivity contribution >= 4 is 22.6 Å². The van der Waals surface area contributed by atoms with Crippen molar-refractivity contribution in [1.82, 2.24) is 14.5 Å². The fourth-order valence-corrected chi connectivity index (χ4v) is 3.01. The Balaban J connectivity index is 2.07. The van der Waals surface area contributed by atoms with Gasteiger partial charge in [-0.1, -0.05) is 24.1 Å². The van der Waals surface area contributed by atoms with E-state index in [9.17, 15) is 9.59 Å². The zero-order valence-electron chi connectivity index (χ0n) is 12.9. The van der Waals surface area contributed by atoms with Crippen LogP contribution in [-0.4, -0.2) is 21.6 Å². The minimum atomic E-state index is -0.259. The van der Waals surface area contributed by atoms with Gasteiger partial charge in [0.05, 0.1) is 17.6 Å². The van der Waals surface area contributed by atoms with E-state index in [0.29, 0.717) is 0 Å². The first-order valence-corrected chi connectivity index (χ1v) is 7.82. The van der Waals surface area contributed by atoms with Gasteiger partial charge in [-0.05, 0) is 37.8 Å². The second-order valence-electron chi connectivity index (χ2n) is 5.61. The molecule has 1 heterocycles. The summed E-state index contributed by atoms with van der Waals surface area (Å²) in [5.74, 6) is 2.10. The molecular formula is C18H19N3O2. The van der Waals surface area contributed by atoms with Crippen LogP contribution in [0.25, 0.3) is 16.7 Å². The van der Waals surface area contributed by atoms with Crippen LogP contribution in [0, 0.1) is 12.3 Å². The lowest BCUT2D eigenvalue weighted by Crippen LogP contribution is -2.33. The first-order valence-electron chi connectivity index (χ1n) is 7.82. The van der Waals surface area contributed by atoms with Gasteiger partial charge in [-0.15, -0.1) is 6.42 Å². The smallest absolute Gasteiger partial charge is 0.333 e. The predicted octanol–water partition coefficient (Wildman–Crippen LogP) is 1.97. The molecule has 118 valence electrons. The number of para-hydroxylation sites is 2. The second kappa shape index (κ2) is 6.57. The summed E-state index contributed by atoms with van der Waals surface area (Å²) in [4.78, 5) is 24.8. The molecule has 2 aromatic rings. The number of amides is 1. The molecule has 1 aliphatic carbocycles. The van der Waals surface area contributed by atoms with Gasteiger partial charge < -0.3 is 5.32 Å². The van der Waals surface area contributed by atoms with Gasteiger partial charge in [0.1, 0.15) is 6.54 Å². The zero-order valence-corrected chi connectivity index (χ0v) is 12.9. The maximum absolute atomic E-state index is 12.9. The van der Waals surface area contributed by atoms with E-state index in [1.807, 2.05) is 24.3 Å². The molecule has 1 amide bonds. The van der Waals surface area contributed by atoms with Gasteiger partial charge in [0.2, 0.25) is 5.91 Å². The van der Waals surface area contributed by atoms with Crippen molar-refractivity contribution < 1.29 is 4.79 Å². The van der Waals surface area contributed by atoms with Crippen molar-refractivity contribution in [2.75, 3.05) is 6.54 Å². The van der Waals surface area contributed by atoms with Gasteiger partial charge in [0.15, 0.2) is 0 Å². The minimum Gasteiger partial charge on any atom is -0.344 e. The van der Waals surface area contributed by atoms with Crippen LogP contribution in [0.4, 0.5) is 0 Å². The molecule has 0 saturated heterocycles. The van der Waals surface area contributed by atoms with E-state index in [-0.39, 0.29) is 24.7 Å². The summed E-state index contributed by atoms with van der Waals surface area (Å²) in [5, 5.41) is 2.60. The number of terminal acetylenes is 1. The van der Waals surface area contributed by atoms with Crippen molar-refractivity contribution in [3.05, 3.63) is 40.8 Å². The number of imidazole rings is 1. The molecule has 1 aromatic heterocycles. The Morgan fingerprint density at radius 1 is 1.26 bits per heavy atom. The molecule has 0 saturated carbocycles. The summed E-state index contributed by atoms with van der Waals surface area (Å²) >= 11 is 0. The third kappa shape index (κ3) is 2.93. The molecule has 5 heteroatoms. The van der Waals surface area contributed by atoms with Crippen LogP contribution in [0.1, 0.15) is 25.7 Å². The largest absolute Gasteiger partial charge is 0.344 e. The number of fused-ring (bicyclic) bond motifs is 1. The van der Waals surface area contributed by atoms with Gasteiger partial charge >= 0.3 is 5.69 Å². The van der Waals surface area contributed by atoms with E-state index in [4.69, 9.17) is 6.42 Å². The fourth-order valence-electron chi connectivity index (χ4n) is 3.01. The van der Waals surface area contributed by atoms with Crippen molar-refractivity contribution in [2.45, 2.75) is 32.2 Å². The van der Waals surface area contributed by atoms with Crippen LogP contribution in [0.3, 0.4) is 0 Å². The molecule has 0 fully saturated rings. The molecule has 0 atom stereocenters. The van der Waals surface area contributed by atoms with Crippen LogP contribution in [-0.2, 0) is 11.3 Å². The number of aromatic nitrogens is 2. The molecule has 3 rings (SSSR count). The molecule has 23 heavy (non-hydrogen) atoms. The molecule has 1 aliphatic rings. The Morgan fingerprint density at radius 2 is 2.04 bits per heavy atom. The normalized spacial score (nSPS) is 14.3. The Morgan fingerprint density at radius 3 is 2.74 bits per heavy atom. The maximum atomic E-state index is 12.9. The third-order valence-corrected chi connectivity index (χ3v) is 4.08. The molecular weight excluding hydrogens is 290 g/mol. The molecule has 0 aliphatic heterocycles. The molecule has 0 bridgehead atoms. The third-order valence-electron chi connectivity index (χ3n) is 4.08. The van der Waals surface area contributed by atoms with Crippen LogP contribution in [0.2, 0.25) is 0 Å². The quantitative estimate of drug-likeness (QED) is 0.878. The summed E-state index contributed by atoms with van der Waals surface area (Å²) in [7, 11) is 0. The minimum absolute atomic E-state index is 0.0265. The molecule has 5 nitrogen and oxygen atoms in total. The molecule has 0 spiro atoms.